The van der Waals surface area contributed by atoms with E-state index in [1.54, 1.807) is 0 Å². The standard InChI is InChI=1S/C22H23BrN2O2/c23-19-6-7-20-17(16-19)8-12-25(20)13-11-24-21(26)22(9-14-27-15-10-22)18-4-2-1-3-5-18/h1-8,12,16H,9-11,13-15H2,(H,24,26). The van der Waals surface area contributed by atoms with Gasteiger partial charge >= 0.3 is 0 Å². The molecule has 1 aromatic heterocycles. The van der Waals surface area contributed by atoms with Crippen molar-refractivity contribution < 1.29 is 9.53 Å². The molecule has 0 spiro atoms. The number of aromatic nitrogens is 1. The summed E-state index contributed by atoms with van der Waals surface area (Å²) in [5.41, 5.74) is 1.78. The quantitative estimate of drug-likeness (QED) is 0.661. The summed E-state index contributed by atoms with van der Waals surface area (Å²) < 4.78 is 8.79. The van der Waals surface area contributed by atoms with E-state index in [4.69, 9.17) is 4.74 Å². The van der Waals surface area contributed by atoms with Crippen LogP contribution in [0.25, 0.3) is 10.9 Å². The molecule has 0 aliphatic carbocycles. The van der Waals surface area contributed by atoms with E-state index in [-0.39, 0.29) is 5.91 Å². The molecule has 3 aromatic rings. The third-order valence-electron chi connectivity index (χ3n) is 5.48. The molecule has 1 N–H and O–H groups in total. The Bertz CT molecular complexity index is 930. The van der Waals surface area contributed by atoms with E-state index in [0.717, 1.165) is 29.4 Å². The van der Waals surface area contributed by atoms with E-state index in [1.807, 2.05) is 24.3 Å². The first-order valence-electron chi connectivity index (χ1n) is 9.35. The first-order chi connectivity index (χ1) is 13.2. The van der Waals surface area contributed by atoms with Gasteiger partial charge < -0.3 is 14.6 Å². The van der Waals surface area contributed by atoms with Crippen LogP contribution in [0.3, 0.4) is 0 Å². The van der Waals surface area contributed by atoms with Crippen molar-refractivity contribution in [2.24, 2.45) is 0 Å². The average Bonchev–Trinajstić information content (AvgIpc) is 3.11. The maximum absolute atomic E-state index is 13.2. The van der Waals surface area contributed by atoms with Crippen LogP contribution in [0.15, 0.2) is 65.3 Å². The van der Waals surface area contributed by atoms with E-state index in [9.17, 15) is 4.79 Å². The molecule has 5 heteroatoms. The van der Waals surface area contributed by atoms with E-state index >= 15 is 0 Å². The fourth-order valence-electron chi connectivity index (χ4n) is 3.95. The number of carbonyl (C=O) groups excluding carboxylic acids is 1. The van der Waals surface area contributed by atoms with Gasteiger partial charge in [0, 0.05) is 47.9 Å². The second-order valence-electron chi connectivity index (χ2n) is 7.03. The second kappa shape index (κ2) is 7.87. The van der Waals surface area contributed by atoms with Crippen LogP contribution in [0.4, 0.5) is 0 Å². The molecule has 2 aromatic carbocycles. The first kappa shape index (κ1) is 18.3. The first-order valence-corrected chi connectivity index (χ1v) is 10.1. The van der Waals surface area contributed by atoms with E-state index in [0.29, 0.717) is 19.8 Å². The van der Waals surface area contributed by atoms with Crippen molar-refractivity contribution >= 4 is 32.7 Å². The van der Waals surface area contributed by atoms with Crippen LogP contribution in [-0.2, 0) is 21.5 Å². The van der Waals surface area contributed by atoms with Crippen molar-refractivity contribution in [2.45, 2.75) is 24.8 Å². The van der Waals surface area contributed by atoms with Gasteiger partial charge in [0.1, 0.15) is 0 Å². The Hall–Kier alpha value is -2.11. The summed E-state index contributed by atoms with van der Waals surface area (Å²) in [6, 6.07) is 18.5. The van der Waals surface area contributed by atoms with Crippen molar-refractivity contribution in [3.8, 4) is 0 Å². The lowest BCUT2D eigenvalue weighted by Gasteiger charge is -2.36. The van der Waals surface area contributed by atoms with Gasteiger partial charge in [-0.15, -0.1) is 0 Å². The molecule has 0 atom stereocenters. The van der Waals surface area contributed by atoms with E-state index < -0.39 is 5.41 Å². The topological polar surface area (TPSA) is 43.3 Å². The van der Waals surface area contributed by atoms with Crippen molar-refractivity contribution in [3.63, 3.8) is 0 Å². The van der Waals surface area contributed by atoms with Crippen LogP contribution in [0.1, 0.15) is 18.4 Å². The highest BCUT2D eigenvalue weighted by Crippen LogP contribution is 2.35. The highest BCUT2D eigenvalue weighted by atomic mass is 79.9. The third-order valence-corrected chi connectivity index (χ3v) is 5.97. The largest absolute Gasteiger partial charge is 0.381 e. The molecule has 1 aliphatic heterocycles. The molecule has 0 saturated carbocycles. The van der Waals surface area contributed by atoms with Gasteiger partial charge in [-0.25, -0.2) is 0 Å². The highest BCUT2D eigenvalue weighted by Gasteiger charge is 2.41. The zero-order chi connectivity index (χ0) is 18.7. The van der Waals surface area contributed by atoms with Gasteiger partial charge in [-0.2, -0.15) is 0 Å². The van der Waals surface area contributed by atoms with Crippen LogP contribution in [0, 0.1) is 0 Å². The summed E-state index contributed by atoms with van der Waals surface area (Å²) in [6.45, 7) is 2.60. The molecule has 0 unspecified atom stereocenters. The van der Waals surface area contributed by atoms with E-state index in [1.165, 1.54) is 10.9 Å². The maximum atomic E-state index is 13.2. The molecule has 4 nitrogen and oxygen atoms in total. The number of nitrogens with one attached hydrogen (secondary N) is 1. The second-order valence-corrected chi connectivity index (χ2v) is 7.94. The number of hydrogen-bond donors (Lipinski definition) is 1. The maximum Gasteiger partial charge on any atom is 0.230 e. The number of benzene rings is 2. The SMILES string of the molecule is O=C(NCCn1ccc2cc(Br)ccc21)C1(c2ccccc2)CCOCC1. The van der Waals surface area contributed by atoms with Crippen molar-refractivity contribution in [1.29, 1.82) is 0 Å². The molecule has 4 rings (SSSR count). The molecule has 1 amide bonds. The minimum atomic E-state index is -0.483. The molecule has 140 valence electrons. The minimum Gasteiger partial charge on any atom is -0.381 e. The van der Waals surface area contributed by atoms with Gasteiger partial charge in [0.05, 0.1) is 5.41 Å². The number of halogens is 1. The number of hydrogen-bond acceptors (Lipinski definition) is 2. The number of nitrogens with zero attached hydrogens (tertiary/aromatic N) is 1. The lowest BCUT2D eigenvalue weighted by molar-refractivity contribution is -0.130. The summed E-state index contributed by atoms with van der Waals surface area (Å²) in [7, 11) is 0. The normalized spacial score (nSPS) is 16.3. The van der Waals surface area contributed by atoms with Gasteiger partial charge in [0.2, 0.25) is 5.91 Å². The summed E-state index contributed by atoms with van der Waals surface area (Å²) in [5.74, 6) is 0.108. The molecule has 1 fully saturated rings. The van der Waals surface area contributed by atoms with Crippen molar-refractivity contribution in [3.05, 3.63) is 70.8 Å². The van der Waals surface area contributed by atoms with Crippen molar-refractivity contribution in [1.82, 2.24) is 9.88 Å². The van der Waals surface area contributed by atoms with Gasteiger partial charge in [-0.05, 0) is 42.7 Å². The van der Waals surface area contributed by atoms with Crippen LogP contribution < -0.4 is 5.32 Å². The lowest BCUT2D eigenvalue weighted by atomic mass is 9.73. The Labute approximate surface area is 167 Å². The number of carbonyl (C=O) groups is 1. The third kappa shape index (κ3) is 3.66. The lowest BCUT2D eigenvalue weighted by Crippen LogP contribution is -2.48. The van der Waals surface area contributed by atoms with Gasteiger partial charge in [-0.1, -0.05) is 46.3 Å². The zero-order valence-corrected chi connectivity index (χ0v) is 16.7. The monoisotopic (exact) mass is 426 g/mol. The highest BCUT2D eigenvalue weighted by molar-refractivity contribution is 9.10. The molecule has 2 heterocycles. The summed E-state index contributed by atoms with van der Waals surface area (Å²) >= 11 is 3.51. The number of amides is 1. The Morgan fingerprint density at radius 2 is 1.89 bits per heavy atom. The Kier molecular flexibility index (Phi) is 5.32. The molecular formula is C22H23BrN2O2. The number of fused-ring (bicyclic) bond motifs is 1. The van der Waals surface area contributed by atoms with Crippen LogP contribution in [0.5, 0.6) is 0 Å². The Morgan fingerprint density at radius 3 is 2.67 bits per heavy atom. The fraction of sp³-hybridized carbons (Fsp3) is 0.318. The molecule has 1 saturated heterocycles. The molecule has 27 heavy (non-hydrogen) atoms. The average molecular weight is 427 g/mol. The Balaban J connectivity index is 1.47. The predicted molar refractivity (Wildman–Crippen MR) is 111 cm³/mol. The summed E-state index contributed by atoms with van der Waals surface area (Å²) in [5, 5.41) is 4.38. The van der Waals surface area contributed by atoms with Gasteiger partial charge in [0.25, 0.3) is 0 Å². The van der Waals surface area contributed by atoms with Crippen LogP contribution >= 0.6 is 15.9 Å². The number of rotatable bonds is 5. The Morgan fingerprint density at radius 1 is 1.11 bits per heavy atom. The van der Waals surface area contributed by atoms with Crippen molar-refractivity contribution in [2.75, 3.05) is 19.8 Å². The fourth-order valence-corrected chi connectivity index (χ4v) is 4.33. The predicted octanol–water partition coefficient (Wildman–Crippen LogP) is 4.27. The zero-order valence-electron chi connectivity index (χ0n) is 15.2. The number of ether oxygens (including phenoxy) is 1. The minimum absolute atomic E-state index is 0.108. The molecule has 0 radical (unpaired) electrons. The van der Waals surface area contributed by atoms with E-state index in [2.05, 4.69) is 62.3 Å². The molecular weight excluding hydrogens is 404 g/mol. The van der Waals surface area contributed by atoms with Gasteiger partial charge in [-0.3, -0.25) is 4.79 Å². The van der Waals surface area contributed by atoms with Gasteiger partial charge in [0.15, 0.2) is 0 Å². The van der Waals surface area contributed by atoms with Crippen LogP contribution in [0.2, 0.25) is 0 Å². The van der Waals surface area contributed by atoms with Crippen LogP contribution in [-0.4, -0.2) is 30.2 Å². The molecule has 1 aliphatic rings. The smallest absolute Gasteiger partial charge is 0.230 e. The summed E-state index contributed by atoms with van der Waals surface area (Å²) in [6.07, 6.45) is 3.53. The molecule has 0 bridgehead atoms. The summed E-state index contributed by atoms with van der Waals surface area (Å²) in [4.78, 5) is 13.2.